The van der Waals surface area contributed by atoms with E-state index in [1.54, 1.807) is 6.07 Å². The Labute approximate surface area is 224 Å². The fourth-order valence-electron chi connectivity index (χ4n) is 5.27. The zero-order valence-corrected chi connectivity index (χ0v) is 21.3. The van der Waals surface area contributed by atoms with E-state index >= 15 is 0 Å². The van der Waals surface area contributed by atoms with Crippen molar-refractivity contribution in [2.45, 2.75) is 62.5 Å². The number of rotatable bonds is 8. The lowest BCUT2D eigenvalue weighted by molar-refractivity contribution is -0.131. The summed E-state index contributed by atoms with van der Waals surface area (Å²) in [5, 5.41) is 12.9. The summed E-state index contributed by atoms with van der Waals surface area (Å²) in [6, 6.07) is 17.0. The van der Waals surface area contributed by atoms with Crippen molar-refractivity contribution in [1.82, 2.24) is 5.32 Å². The van der Waals surface area contributed by atoms with Gasteiger partial charge in [0.2, 0.25) is 5.92 Å². The molecular weight excluding hydrogens is 506 g/mol. The number of furan rings is 1. The van der Waals surface area contributed by atoms with Gasteiger partial charge in [0.05, 0.1) is 30.2 Å². The van der Waals surface area contributed by atoms with Gasteiger partial charge in [-0.15, -0.1) is 0 Å². The van der Waals surface area contributed by atoms with Crippen LogP contribution in [0.1, 0.15) is 55.5 Å². The first-order valence-electron chi connectivity index (χ1n) is 13.2. The van der Waals surface area contributed by atoms with Gasteiger partial charge in [0.25, 0.3) is 5.91 Å². The molecule has 3 aromatic rings. The highest BCUT2D eigenvalue weighted by Crippen LogP contribution is 2.50. The van der Waals surface area contributed by atoms with E-state index in [9.17, 15) is 23.6 Å². The zero-order valence-electron chi connectivity index (χ0n) is 21.3. The number of hydrogen-bond acceptors (Lipinski definition) is 6. The molecule has 39 heavy (non-hydrogen) atoms. The molecule has 3 fully saturated rings. The van der Waals surface area contributed by atoms with Crippen LogP contribution in [0.15, 0.2) is 52.9 Å². The number of amides is 1. The van der Waals surface area contributed by atoms with Crippen LogP contribution >= 0.6 is 0 Å². The molecule has 2 aromatic carbocycles. The summed E-state index contributed by atoms with van der Waals surface area (Å²) in [7, 11) is 0. The van der Waals surface area contributed by atoms with Gasteiger partial charge in [0.1, 0.15) is 17.4 Å². The van der Waals surface area contributed by atoms with Crippen molar-refractivity contribution in [2.24, 2.45) is 5.41 Å². The molecule has 202 valence electrons. The predicted octanol–water partition coefficient (Wildman–Crippen LogP) is 5.82. The van der Waals surface area contributed by atoms with Gasteiger partial charge in [0, 0.05) is 24.6 Å². The molecule has 1 saturated heterocycles. The second-order valence-electron chi connectivity index (χ2n) is 11.0. The molecule has 7 nitrogen and oxygen atoms in total. The second-order valence-corrected chi connectivity index (χ2v) is 11.0. The third-order valence-electron chi connectivity index (χ3n) is 8.15. The summed E-state index contributed by atoms with van der Waals surface area (Å²) in [6.07, 6.45) is -0.106. The Bertz CT molecular complexity index is 1450. The first-order chi connectivity index (χ1) is 18.7. The topological polar surface area (TPSA) is 102 Å². The lowest BCUT2D eigenvalue weighted by Gasteiger charge is -2.39. The molecule has 1 amide bonds. The molecule has 0 radical (unpaired) electrons. The molecule has 0 atom stereocenters. The third kappa shape index (κ3) is 5.13. The van der Waals surface area contributed by atoms with Gasteiger partial charge in [-0.1, -0.05) is 24.3 Å². The minimum absolute atomic E-state index is 0.000424. The smallest absolute Gasteiger partial charge is 0.287 e. The maximum atomic E-state index is 14.0. The Morgan fingerprint density at radius 3 is 2.28 bits per heavy atom. The Morgan fingerprint density at radius 2 is 1.67 bits per heavy atom. The van der Waals surface area contributed by atoms with Crippen molar-refractivity contribution in [2.75, 3.05) is 13.2 Å². The third-order valence-corrected chi connectivity index (χ3v) is 8.15. The number of nitriles is 1. The van der Waals surface area contributed by atoms with Crippen molar-refractivity contribution >= 4 is 22.7 Å². The molecule has 2 saturated carbocycles. The molecular formula is C30H28F2N2O5. The molecule has 2 aliphatic carbocycles. The number of benzene rings is 2. The van der Waals surface area contributed by atoms with Crippen LogP contribution in [0.2, 0.25) is 0 Å². The van der Waals surface area contributed by atoms with Crippen molar-refractivity contribution in [3.63, 3.8) is 0 Å². The van der Waals surface area contributed by atoms with Gasteiger partial charge in [-0.25, -0.2) is 8.78 Å². The number of carbonyl (C=O) groups is 2. The van der Waals surface area contributed by atoms with Crippen LogP contribution in [-0.2, 0) is 9.53 Å². The van der Waals surface area contributed by atoms with Crippen molar-refractivity contribution < 1.29 is 32.3 Å². The summed E-state index contributed by atoms with van der Waals surface area (Å²) in [4.78, 5) is 26.6. The minimum atomic E-state index is -2.88. The van der Waals surface area contributed by atoms with E-state index in [-0.39, 0.29) is 36.9 Å². The molecule has 0 bridgehead atoms. The average molecular weight is 535 g/mol. The molecule has 2 heterocycles. The number of fused-ring (bicyclic) bond motifs is 1. The van der Waals surface area contributed by atoms with E-state index in [2.05, 4.69) is 11.4 Å². The van der Waals surface area contributed by atoms with Gasteiger partial charge in [0.15, 0.2) is 11.5 Å². The molecule has 1 aromatic heterocycles. The maximum Gasteiger partial charge on any atom is 0.287 e. The number of ketones is 1. The summed E-state index contributed by atoms with van der Waals surface area (Å²) < 4.78 is 44.8. The number of alkyl halides is 2. The molecule has 1 aliphatic heterocycles. The highest BCUT2D eigenvalue weighted by Gasteiger charge is 2.53. The second kappa shape index (κ2) is 9.45. The van der Waals surface area contributed by atoms with Crippen LogP contribution in [0.25, 0.3) is 22.1 Å². The minimum Gasteiger partial charge on any atom is -0.486 e. The SMILES string of the molecule is N#CC1(CC(=O)C2(NC(=O)c3cc4ccc(-c5ccc(OC6COC6)cc5)cc4o3)CCC(F)(F)CC2)CC1. The van der Waals surface area contributed by atoms with Gasteiger partial charge in [-0.3, -0.25) is 9.59 Å². The molecule has 0 unspecified atom stereocenters. The Kier molecular flexibility index (Phi) is 6.18. The van der Waals surface area contributed by atoms with Gasteiger partial charge in [-0.2, -0.15) is 5.26 Å². The number of hydrogen-bond donors (Lipinski definition) is 1. The van der Waals surface area contributed by atoms with E-state index in [1.807, 2.05) is 42.5 Å². The highest BCUT2D eigenvalue weighted by atomic mass is 19.3. The van der Waals surface area contributed by atoms with Crippen molar-refractivity contribution in [1.29, 1.82) is 5.26 Å². The molecule has 0 spiro atoms. The van der Waals surface area contributed by atoms with E-state index < -0.39 is 35.6 Å². The standard InChI is InChI=1S/C30H28F2N2O5/c31-30(32)11-9-29(10-12-30,26(35)15-28(18-33)7-8-28)34-27(36)25-14-21-2-1-20(13-24(21)39-25)19-3-5-22(6-4-19)38-23-16-37-17-23/h1-6,13-14,23H,7-12,15-17H2,(H,34,36). The normalized spacial score (nSPS) is 20.9. The fraction of sp³-hybridized carbons (Fsp3) is 0.433. The van der Waals surface area contributed by atoms with Crippen molar-refractivity contribution in [3.8, 4) is 22.9 Å². The highest BCUT2D eigenvalue weighted by molar-refractivity contribution is 6.01. The quantitative estimate of drug-likeness (QED) is 0.391. The number of Topliss-reactive ketones (excluding diaryl/α,β-unsaturated/α-hetero) is 1. The van der Waals surface area contributed by atoms with Crippen LogP contribution < -0.4 is 10.1 Å². The van der Waals surface area contributed by atoms with Gasteiger partial charge < -0.3 is 19.2 Å². The van der Waals surface area contributed by atoms with Crippen LogP contribution in [-0.4, -0.2) is 42.5 Å². The number of nitrogens with zero attached hydrogens (tertiary/aromatic N) is 1. The number of halogens is 2. The molecule has 6 rings (SSSR count). The summed E-state index contributed by atoms with van der Waals surface area (Å²) in [5.41, 5.74) is 0.137. The lowest BCUT2D eigenvalue weighted by atomic mass is 9.74. The molecule has 3 aliphatic rings. The predicted molar refractivity (Wildman–Crippen MR) is 137 cm³/mol. The maximum absolute atomic E-state index is 14.0. The van der Waals surface area contributed by atoms with E-state index in [1.165, 1.54) is 0 Å². The summed E-state index contributed by atoms with van der Waals surface area (Å²) >= 11 is 0. The Morgan fingerprint density at radius 1 is 0.974 bits per heavy atom. The van der Waals surface area contributed by atoms with Gasteiger partial charge in [-0.05, 0) is 61.1 Å². The summed E-state index contributed by atoms with van der Waals surface area (Å²) in [6.45, 7) is 1.18. The van der Waals surface area contributed by atoms with Gasteiger partial charge >= 0.3 is 0 Å². The zero-order chi connectivity index (χ0) is 27.3. The van der Waals surface area contributed by atoms with E-state index in [0.29, 0.717) is 37.0 Å². The number of ether oxygens (including phenoxy) is 2. The molecule has 9 heteroatoms. The van der Waals surface area contributed by atoms with Crippen molar-refractivity contribution in [3.05, 3.63) is 54.3 Å². The largest absolute Gasteiger partial charge is 0.486 e. The summed E-state index contributed by atoms with van der Waals surface area (Å²) in [5.74, 6) is -3.11. The van der Waals surface area contributed by atoms with Crippen LogP contribution in [0.5, 0.6) is 5.75 Å². The first-order valence-corrected chi connectivity index (χ1v) is 13.2. The van der Waals surface area contributed by atoms with Crippen LogP contribution in [0.4, 0.5) is 8.78 Å². The van der Waals surface area contributed by atoms with E-state index in [0.717, 1.165) is 16.9 Å². The fourth-order valence-corrected chi connectivity index (χ4v) is 5.27. The lowest BCUT2D eigenvalue weighted by Crippen LogP contribution is -2.58. The number of carbonyl (C=O) groups excluding carboxylic acids is 2. The monoisotopic (exact) mass is 534 g/mol. The van der Waals surface area contributed by atoms with Crippen LogP contribution in [0, 0.1) is 16.7 Å². The van der Waals surface area contributed by atoms with E-state index in [4.69, 9.17) is 13.9 Å². The first kappa shape index (κ1) is 25.5. The Balaban J connectivity index is 1.20. The number of nitrogens with one attached hydrogen (secondary N) is 1. The Hall–Kier alpha value is -3.77. The average Bonchev–Trinajstić information content (AvgIpc) is 3.54. The van der Waals surface area contributed by atoms with Crippen LogP contribution in [0.3, 0.4) is 0 Å². The molecule has 1 N–H and O–H groups in total.